The van der Waals surface area contributed by atoms with Gasteiger partial charge in [0.25, 0.3) is 0 Å². The highest BCUT2D eigenvalue weighted by molar-refractivity contribution is 7.88. The van der Waals surface area contributed by atoms with Gasteiger partial charge >= 0.3 is 0 Å². The Bertz CT molecular complexity index is 478. The quantitative estimate of drug-likeness (QED) is 0.862. The van der Waals surface area contributed by atoms with E-state index in [0.29, 0.717) is 13.1 Å². The lowest BCUT2D eigenvalue weighted by Gasteiger charge is -2.36. The molecule has 1 fully saturated rings. The third kappa shape index (κ3) is 6.34. The first-order chi connectivity index (χ1) is 9.30. The van der Waals surface area contributed by atoms with E-state index < -0.39 is 10.0 Å². The van der Waals surface area contributed by atoms with E-state index in [1.54, 1.807) is 0 Å². The summed E-state index contributed by atoms with van der Waals surface area (Å²) >= 11 is 0. The largest absolute Gasteiger partial charge is 0.351 e. The number of hydrogen-bond donors (Lipinski definition) is 1. The van der Waals surface area contributed by atoms with Crippen molar-refractivity contribution in [2.45, 2.75) is 59.4 Å². The van der Waals surface area contributed by atoms with Crippen LogP contribution in [0.4, 0.5) is 0 Å². The maximum absolute atomic E-state index is 12.4. The second-order valence-electron chi connectivity index (χ2n) is 8.07. The van der Waals surface area contributed by atoms with E-state index in [9.17, 15) is 13.2 Å². The normalized spacial score (nSPS) is 22.1. The van der Waals surface area contributed by atoms with Crippen molar-refractivity contribution in [3.8, 4) is 0 Å². The molecule has 1 unspecified atom stereocenters. The monoisotopic (exact) mass is 318 g/mol. The lowest BCUT2D eigenvalue weighted by Crippen LogP contribution is -2.51. The Morgan fingerprint density at radius 3 is 2.29 bits per heavy atom. The fraction of sp³-hybridized carbons (Fsp3) is 0.933. The molecule has 1 amide bonds. The minimum Gasteiger partial charge on any atom is -0.351 e. The predicted octanol–water partition coefficient (Wildman–Crippen LogP) is 1.99. The molecule has 1 rings (SSSR count). The van der Waals surface area contributed by atoms with Crippen molar-refractivity contribution in [1.82, 2.24) is 9.62 Å². The third-order valence-electron chi connectivity index (χ3n) is 3.66. The summed E-state index contributed by atoms with van der Waals surface area (Å²) in [7, 11) is -3.21. The number of amides is 1. The zero-order valence-electron chi connectivity index (χ0n) is 14.2. The second kappa shape index (κ2) is 6.24. The first-order valence-corrected chi connectivity index (χ1v) is 9.42. The van der Waals surface area contributed by atoms with Gasteiger partial charge in [-0.1, -0.05) is 20.8 Å². The SMILES string of the molecule is CC(C)(C)CC(C)(C)NC(=O)C1CCCN(S(C)(=O)=O)C1. The van der Waals surface area contributed by atoms with Gasteiger partial charge in [-0.05, 0) is 38.5 Å². The smallest absolute Gasteiger partial charge is 0.224 e. The molecule has 0 saturated carbocycles. The van der Waals surface area contributed by atoms with Gasteiger partial charge in [0.1, 0.15) is 0 Å². The van der Waals surface area contributed by atoms with Crippen molar-refractivity contribution in [2.75, 3.05) is 19.3 Å². The fourth-order valence-electron chi connectivity index (χ4n) is 3.26. The van der Waals surface area contributed by atoms with Gasteiger partial charge in [0, 0.05) is 18.6 Å². The van der Waals surface area contributed by atoms with Gasteiger partial charge in [0.05, 0.1) is 12.2 Å². The molecule has 1 saturated heterocycles. The molecule has 0 radical (unpaired) electrons. The number of sulfonamides is 1. The highest BCUT2D eigenvalue weighted by atomic mass is 32.2. The van der Waals surface area contributed by atoms with Crippen molar-refractivity contribution in [1.29, 1.82) is 0 Å². The summed E-state index contributed by atoms with van der Waals surface area (Å²) in [5, 5.41) is 3.09. The van der Waals surface area contributed by atoms with Crippen LogP contribution in [0.15, 0.2) is 0 Å². The number of carbonyl (C=O) groups is 1. The van der Waals surface area contributed by atoms with Crippen LogP contribution in [-0.4, -0.2) is 43.5 Å². The summed E-state index contributed by atoms with van der Waals surface area (Å²) in [5.74, 6) is -0.273. The average molecular weight is 318 g/mol. The van der Waals surface area contributed by atoms with Crippen molar-refractivity contribution in [3.63, 3.8) is 0 Å². The molecule has 0 aromatic heterocycles. The fourth-order valence-corrected chi connectivity index (χ4v) is 4.17. The third-order valence-corrected chi connectivity index (χ3v) is 4.93. The summed E-state index contributed by atoms with van der Waals surface area (Å²) in [6.45, 7) is 11.3. The first-order valence-electron chi connectivity index (χ1n) is 7.57. The maximum Gasteiger partial charge on any atom is 0.224 e. The summed E-state index contributed by atoms with van der Waals surface area (Å²) in [4.78, 5) is 12.4. The average Bonchev–Trinajstić information content (AvgIpc) is 2.23. The van der Waals surface area contributed by atoms with Crippen LogP contribution in [0.5, 0.6) is 0 Å². The Hall–Kier alpha value is -0.620. The van der Waals surface area contributed by atoms with E-state index in [1.165, 1.54) is 10.6 Å². The molecule has 21 heavy (non-hydrogen) atoms. The molecule has 1 heterocycles. The summed E-state index contributed by atoms with van der Waals surface area (Å²) in [6.07, 6.45) is 3.57. The highest BCUT2D eigenvalue weighted by Crippen LogP contribution is 2.28. The lowest BCUT2D eigenvalue weighted by atomic mass is 9.81. The molecule has 0 aliphatic carbocycles. The lowest BCUT2D eigenvalue weighted by molar-refractivity contribution is -0.128. The van der Waals surface area contributed by atoms with Crippen LogP contribution in [0.1, 0.15) is 53.9 Å². The highest BCUT2D eigenvalue weighted by Gasteiger charge is 2.33. The molecule has 0 bridgehead atoms. The van der Waals surface area contributed by atoms with Crippen LogP contribution < -0.4 is 5.32 Å². The van der Waals surface area contributed by atoms with Gasteiger partial charge in [0.15, 0.2) is 0 Å². The number of carbonyl (C=O) groups excluding carboxylic acids is 1. The molecule has 1 aliphatic rings. The van der Waals surface area contributed by atoms with Crippen molar-refractivity contribution < 1.29 is 13.2 Å². The minimum atomic E-state index is -3.21. The molecule has 1 aliphatic heterocycles. The molecule has 1 atom stereocenters. The Kier molecular flexibility index (Phi) is 5.48. The van der Waals surface area contributed by atoms with E-state index in [2.05, 4.69) is 26.1 Å². The van der Waals surface area contributed by atoms with E-state index in [-0.39, 0.29) is 22.8 Å². The number of nitrogens with zero attached hydrogens (tertiary/aromatic N) is 1. The predicted molar refractivity (Wildman–Crippen MR) is 85.4 cm³/mol. The molecule has 124 valence electrons. The molecule has 1 N–H and O–H groups in total. The number of rotatable bonds is 4. The number of nitrogens with one attached hydrogen (secondary N) is 1. The maximum atomic E-state index is 12.4. The summed E-state index contributed by atoms with van der Waals surface area (Å²) in [5.41, 5.74) is -0.162. The van der Waals surface area contributed by atoms with Crippen molar-refractivity contribution in [3.05, 3.63) is 0 Å². The molecule has 5 nitrogen and oxygen atoms in total. The molecular formula is C15H30N2O3S. The van der Waals surface area contributed by atoms with E-state index in [0.717, 1.165) is 19.3 Å². The van der Waals surface area contributed by atoms with E-state index >= 15 is 0 Å². The van der Waals surface area contributed by atoms with Crippen LogP contribution in [0, 0.1) is 11.3 Å². The molecule has 0 spiro atoms. The molecular weight excluding hydrogens is 288 g/mol. The minimum absolute atomic E-state index is 0.0300. The van der Waals surface area contributed by atoms with Crippen LogP contribution >= 0.6 is 0 Å². The van der Waals surface area contributed by atoms with Gasteiger partial charge in [-0.15, -0.1) is 0 Å². The van der Waals surface area contributed by atoms with Gasteiger partial charge in [-0.2, -0.15) is 0 Å². The topological polar surface area (TPSA) is 66.5 Å². The van der Waals surface area contributed by atoms with Crippen molar-refractivity contribution in [2.24, 2.45) is 11.3 Å². The first kappa shape index (κ1) is 18.4. The number of hydrogen-bond acceptors (Lipinski definition) is 3. The van der Waals surface area contributed by atoms with Gasteiger partial charge < -0.3 is 5.32 Å². The second-order valence-corrected chi connectivity index (χ2v) is 10.1. The van der Waals surface area contributed by atoms with Crippen LogP contribution in [0.3, 0.4) is 0 Å². The van der Waals surface area contributed by atoms with Crippen LogP contribution in [0.25, 0.3) is 0 Å². The Morgan fingerprint density at radius 2 is 1.81 bits per heavy atom. The van der Waals surface area contributed by atoms with Gasteiger partial charge in [-0.25, -0.2) is 12.7 Å². The van der Waals surface area contributed by atoms with Gasteiger partial charge in [-0.3, -0.25) is 4.79 Å². The summed E-state index contributed by atoms with van der Waals surface area (Å²) < 4.78 is 24.7. The molecule has 0 aromatic carbocycles. The zero-order valence-corrected chi connectivity index (χ0v) is 15.0. The van der Waals surface area contributed by atoms with Crippen LogP contribution in [-0.2, 0) is 14.8 Å². The Morgan fingerprint density at radius 1 is 1.24 bits per heavy atom. The standard InChI is InChI=1S/C15H30N2O3S/c1-14(2,3)11-15(4,5)16-13(18)12-8-7-9-17(10-12)21(6,19)20/h12H,7-11H2,1-6H3,(H,16,18). The molecule has 0 aromatic rings. The van der Waals surface area contributed by atoms with E-state index in [1.807, 2.05) is 13.8 Å². The van der Waals surface area contributed by atoms with Crippen molar-refractivity contribution >= 4 is 15.9 Å². The molecule has 6 heteroatoms. The Balaban J connectivity index is 2.67. The van der Waals surface area contributed by atoms with Crippen LogP contribution in [0.2, 0.25) is 0 Å². The summed E-state index contributed by atoms with van der Waals surface area (Å²) in [6, 6.07) is 0. The Labute approximate surface area is 129 Å². The number of piperidine rings is 1. The zero-order chi connectivity index (χ0) is 16.5. The van der Waals surface area contributed by atoms with E-state index in [4.69, 9.17) is 0 Å². The van der Waals surface area contributed by atoms with Gasteiger partial charge in [0.2, 0.25) is 15.9 Å².